The molecule has 5 rings (SSSR count). The zero-order valence-electron chi connectivity index (χ0n) is 20.4. The fourth-order valence-corrected chi connectivity index (χ4v) is 4.85. The number of hydrogen-bond acceptors (Lipinski definition) is 7. The monoisotopic (exact) mass is 502 g/mol. The van der Waals surface area contributed by atoms with Gasteiger partial charge in [-0.05, 0) is 22.4 Å². The number of nitrogens with one attached hydrogen (secondary N) is 1. The summed E-state index contributed by atoms with van der Waals surface area (Å²) in [4.78, 5) is 24.4. The Morgan fingerprint density at radius 3 is 2.53 bits per heavy atom. The van der Waals surface area contributed by atoms with Crippen LogP contribution in [0.1, 0.15) is 12.5 Å². The van der Waals surface area contributed by atoms with Crippen LogP contribution < -0.4 is 10.2 Å². The van der Waals surface area contributed by atoms with E-state index in [9.17, 15) is 4.79 Å². The number of fused-ring (bicyclic) bond motifs is 1. The van der Waals surface area contributed by atoms with Crippen LogP contribution in [-0.4, -0.2) is 64.3 Å². The highest BCUT2D eigenvalue weighted by Crippen LogP contribution is 2.27. The summed E-state index contributed by atoms with van der Waals surface area (Å²) in [6.07, 6.45) is 2.17. The molecule has 0 unspecified atom stereocenters. The highest BCUT2D eigenvalue weighted by atomic mass is 32.2. The van der Waals surface area contributed by atoms with E-state index in [-0.39, 0.29) is 5.91 Å². The third kappa shape index (κ3) is 5.68. The zero-order chi connectivity index (χ0) is 24.7. The molecule has 8 nitrogen and oxygen atoms in total. The van der Waals surface area contributed by atoms with Gasteiger partial charge in [0.25, 0.3) is 0 Å². The molecule has 3 heterocycles. The summed E-state index contributed by atoms with van der Waals surface area (Å²) >= 11 is 1.62. The Labute approximate surface area is 215 Å². The van der Waals surface area contributed by atoms with E-state index in [0.717, 1.165) is 52.0 Å². The quantitative estimate of drug-likeness (QED) is 0.275. The molecule has 1 amide bonds. The summed E-state index contributed by atoms with van der Waals surface area (Å²) in [6.45, 7) is 6.09. The van der Waals surface area contributed by atoms with E-state index in [1.54, 1.807) is 11.8 Å². The summed E-state index contributed by atoms with van der Waals surface area (Å²) in [5, 5.41) is 9.27. The Balaban J connectivity index is 1.22. The van der Waals surface area contributed by atoms with E-state index >= 15 is 0 Å². The number of amides is 1. The van der Waals surface area contributed by atoms with Gasteiger partial charge in [-0.25, -0.2) is 14.6 Å². The molecule has 36 heavy (non-hydrogen) atoms. The van der Waals surface area contributed by atoms with Crippen LogP contribution in [0, 0.1) is 0 Å². The van der Waals surface area contributed by atoms with Crippen LogP contribution in [0.4, 0.5) is 5.82 Å². The van der Waals surface area contributed by atoms with Crippen molar-refractivity contribution in [1.29, 1.82) is 0 Å². The molecule has 1 aliphatic rings. The molecular weight excluding hydrogens is 472 g/mol. The second-order valence-corrected chi connectivity index (χ2v) is 9.79. The number of aromatic nitrogens is 4. The first-order valence-corrected chi connectivity index (χ1v) is 13.3. The standard InChI is InChI=1S/C27H30N6O2S/c1-2-36-27-30-25(32-14-16-35-17-15-32)23-19-29-33(26(23)31-27)13-12-28-24(34)18-20-8-10-22(11-9-20)21-6-4-3-5-7-21/h3-11,19H,2,12-18H2,1H3,(H,28,34). The molecule has 2 aromatic heterocycles. The van der Waals surface area contributed by atoms with Gasteiger partial charge >= 0.3 is 0 Å². The van der Waals surface area contributed by atoms with Gasteiger partial charge in [0.05, 0.1) is 37.8 Å². The van der Waals surface area contributed by atoms with Crippen LogP contribution in [0.5, 0.6) is 0 Å². The molecule has 0 saturated carbocycles. The third-order valence-electron chi connectivity index (χ3n) is 6.11. The van der Waals surface area contributed by atoms with E-state index in [1.807, 2.05) is 41.2 Å². The lowest BCUT2D eigenvalue weighted by molar-refractivity contribution is -0.120. The van der Waals surface area contributed by atoms with E-state index < -0.39 is 0 Å². The topological polar surface area (TPSA) is 85.2 Å². The Hall–Kier alpha value is -3.43. The highest BCUT2D eigenvalue weighted by Gasteiger charge is 2.20. The Kier molecular flexibility index (Phi) is 7.78. The van der Waals surface area contributed by atoms with Crippen molar-refractivity contribution in [1.82, 2.24) is 25.1 Å². The summed E-state index contributed by atoms with van der Waals surface area (Å²) in [6, 6.07) is 18.4. The number of rotatable bonds is 9. The number of morpholine rings is 1. The number of carbonyl (C=O) groups excluding carboxylic acids is 1. The van der Waals surface area contributed by atoms with E-state index in [4.69, 9.17) is 14.7 Å². The first-order chi connectivity index (χ1) is 17.7. The molecule has 186 valence electrons. The number of carbonyl (C=O) groups is 1. The van der Waals surface area contributed by atoms with Gasteiger partial charge in [-0.1, -0.05) is 73.3 Å². The van der Waals surface area contributed by atoms with Crippen LogP contribution in [0.3, 0.4) is 0 Å². The smallest absolute Gasteiger partial charge is 0.224 e. The number of anilines is 1. The summed E-state index contributed by atoms with van der Waals surface area (Å²) in [5.74, 6) is 1.79. The van der Waals surface area contributed by atoms with Gasteiger partial charge in [0, 0.05) is 19.6 Å². The Morgan fingerprint density at radius 2 is 1.78 bits per heavy atom. The maximum Gasteiger partial charge on any atom is 0.224 e. The van der Waals surface area contributed by atoms with Crippen LogP contribution in [0.25, 0.3) is 22.2 Å². The minimum Gasteiger partial charge on any atom is -0.378 e. The van der Waals surface area contributed by atoms with Gasteiger partial charge in [0.1, 0.15) is 5.82 Å². The second-order valence-electron chi connectivity index (χ2n) is 8.56. The van der Waals surface area contributed by atoms with Gasteiger partial charge in [-0.2, -0.15) is 5.10 Å². The van der Waals surface area contributed by atoms with Crippen LogP contribution in [-0.2, 0) is 22.5 Å². The number of nitrogens with zero attached hydrogens (tertiary/aromatic N) is 5. The summed E-state index contributed by atoms with van der Waals surface area (Å²) < 4.78 is 7.37. The van der Waals surface area contributed by atoms with Crippen molar-refractivity contribution in [2.45, 2.75) is 25.0 Å². The van der Waals surface area contributed by atoms with Crippen LogP contribution >= 0.6 is 11.8 Å². The summed E-state index contributed by atoms with van der Waals surface area (Å²) in [7, 11) is 0. The van der Waals surface area contributed by atoms with E-state index in [2.05, 4.69) is 46.5 Å². The van der Waals surface area contributed by atoms with Crippen molar-refractivity contribution in [3.05, 3.63) is 66.4 Å². The van der Waals surface area contributed by atoms with E-state index in [1.165, 1.54) is 5.56 Å². The van der Waals surface area contributed by atoms with Crippen molar-refractivity contribution in [3.8, 4) is 11.1 Å². The molecule has 0 atom stereocenters. The van der Waals surface area contributed by atoms with Gasteiger partial charge in [0.15, 0.2) is 10.8 Å². The largest absolute Gasteiger partial charge is 0.378 e. The second kappa shape index (κ2) is 11.5. The molecular formula is C27H30N6O2S. The molecule has 1 aliphatic heterocycles. The average molecular weight is 503 g/mol. The zero-order valence-corrected chi connectivity index (χ0v) is 21.2. The molecule has 0 radical (unpaired) electrons. The molecule has 0 spiro atoms. The lowest BCUT2D eigenvalue weighted by Crippen LogP contribution is -2.37. The lowest BCUT2D eigenvalue weighted by atomic mass is 10.0. The average Bonchev–Trinajstić information content (AvgIpc) is 3.32. The first kappa shape index (κ1) is 24.3. The molecule has 1 saturated heterocycles. The molecule has 0 aliphatic carbocycles. The van der Waals surface area contributed by atoms with Crippen LogP contribution in [0.15, 0.2) is 66.0 Å². The van der Waals surface area contributed by atoms with Crippen LogP contribution in [0.2, 0.25) is 0 Å². The molecule has 4 aromatic rings. The van der Waals surface area contributed by atoms with Gasteiger partial charge in [0.2, 0.25) is 5.91 Å². The predicted octanol–water partition coefficient (Wildman–Crippen LogP) is 3.80. The molecule has 1 fully saturated rings. The van der Waals surface area contributed by atoms with Crippen molar-refractivity contribution in [3.63, 3.8) is 0 Å². The summed E-state index contributed by atoms with van der Waals surface area (Å²) in [5.41, 5.74) is 4.10. The number of thioether (sulfide) groups is 1. The SMILES string of the molecule is CCSc1nc(N2CCOCC2)c2cnn(CCNC(=O)Cc3ccc(-c4ccccc4)cc3)c2n1. The van der Waals surface area contributed by atoms with Crippen molar-refractivity contribution >= 4 is 34.5 Å². The Bertz CT molecular complexity index is 1300. The number of ether oxygens (including phenoxy) is 1. The fourth-order valence-electron chi connectivity index (χ4n) is 4.29. The third-order valence-corrected chi connectivity index (χ3v) is 6.84. The van der Waals surface area contributed by atoms with Crippen molar-refractivity contribution in [2.24, 2.45) is 0 Å². The van der Waals surface area contributed by atoms with Gasteiger partial charge in [-0.15, -0.1) is 0 Å². The Morgan fingerprint density at radius 1 is 1.03 bits per heavy atom. The normalized spacial score (nSPS) is 13.8. The lowest BCUT2D eigenvalue weighted by Gasteiger charge is -2.28. The van der Waals surface area contributed by atoms with Gasteiger partial charge in [-0.3, -0.25) is 4.79 Å². The first-order valence-electron chi connectivity index (χ1n) is 12.3. The molecule has 0 bridgehead atoms. The maximum absolute atomic E-state index is 12.6. The minimum atomic E-state index is -0.00946. The molecule has 1 N–H and O–H groups in total. The van der Waals surface area contributed by atoms with Crippen molar-refractivity contribution in [2.75, 3.05) is 43.5 Å². The molecule has 2 aromatic carbocycles. The number of benzene rings is 2. The highest BCUT2D eigenvalue weighted by molar-refractivity contribution is 7.99. The predicted molar refractivity (Wildman–Crippen MR) is 143 cm³/mol. The maximum atomic E-state index is 12.6. The molecule has 9 heteroatoms. The van der Waals surface area contributed by atoms with Crippen molar-refractivity contribution < 1.29 is 9.53 Å². The minimum absolute atomic E-state index is 0.00946. The fraction of sp³-hybridized carbons (Fsp3) is 0.333. The van der Waals surface area contributed by atoms with Gasteiger partial charge < -0.3 is 15.0 Å². The number of hydrogen-bond donors (Lipinski definition) is 1. The van der Waals surface area contributed by atoms with E-state index in [0.29, 0.717) is 32.7 Å².